The predicted octanol–water partition coefficient (Wildman–Crippen LogP) is 3.06. The second-order valence-electron chi connectivity index (χ2n) is 9.22. The minimum Gasteiger partial charge on any atom is -0.497 e. The summed E-state index contributed by atoms with van der Waals surface area (Å²) in [7, 11) is 3.74. The molecule has 0 amide bonds. The molecule has 1 aliphatic carbocycles. The number of nitrogens with one attached hydrogen (secondary N) is 1. The van der Waals surface area contributed by atoms with Crippen LogP contribution in [0, 0.1) is 0 Å². The molecule has 2 aliphatic rings. The molecule has 176 valence electrons. The molecule has 33 heavy (non-hydrogen) atoms. The van der Waals surface area contributed by atoms with E-state index in [4.69, 9.17) is 9.47 Å². The molecule has 5 rings (SSSR count). The van der Waals surface area contributed by atoms with Crippen molar-refractivity contribution >= 4 is 10.9 Å². The summed E-state index contributed by atoms with van der Waals surface area (Å²) in [5, 5.41) is 13.6. The Kier molecular flexibility index (Phi) is 6.41. The van der Waals surface area contributed by atoms with Crippen LogP contribution in [0.1, 0.15) is 62.4 Å². The molecular weight excluding hydrogens is 420 g/mol. The molecule has 1 aromatic carbocycles. The summed E-state index contributed by atoms with van der Waals surface area (Å²) in [5.41, 5.74) is 1.31. The number of hydrogen-bond donors (Lipinski definition) is 1. The number of hydrogen-bond acceptors (Lipinski definition) is 7. The fourth-order valence-electron chi connectivity index (χ4n) is 5.29. The summed E-state index contributed by atoms with van der Waals surface area (Å²) in [4.78, 5) is 18.7. The van der Waals surface area contributed by atoms with Crippen molar-refractivity contribution in [2.45, 2.75) is 69.7 Å². The summed E-state index contributed by atoms with van der Waals surface area (Å²) in [6, 6.07) is 7.65. The lowest BCUT2D eigenvalue weighted by Gasteiger charge is -2.36. The van der Waals surface area contributed by atoms with Gasteiger partial charge in [-0.15, -0.1) is 5.10 Å². The normalized spacial score (nSPS) is 20.5. The highest BCUT2D eigenvalue weighted by molar-refractivity contribution is 5.80. The van der Waals surface area contributed by atoms with Crippen molar-refractivity contribution in [1.29, 1.82) is 0 Å². The first-order valence-electron chi connectivity index (χ1n) is 11.9. The van der Waals surface area contributed by atoms with Crippen molar-refractivity contribution in [3.63, 3.8) is 0 Å². The van der Waals surface area contributed by atoms with Crippen LogP contribution in [0.5, 0.6) is 5.75 Å². The van der Waals surface area contributed by atoms with Crippen molar-refractivity contribution in [3.8, 4) is 5.75 Å². The second-order valence-corrected chi connectivity index (χ2v) is 9.22. The number of ether oxygens (including phenoxy) is 2. The molecule has 2 atom stereocenters. The first-order valence-corrected chi connectivity index (χ1v) is 11.9. The van der Waals surface area contributed by atoms with Crippen LogP contribution in [-0.4, -0.2) is 63.0 Å². The minimum atomic E-state index is -0.358. The first-order chi connectivity index (χ1) is 16.1. The topological polar surface area (TPSA) is 98.2 Å². The van der Waals surface area contributed by atoms with Gasteiger partial charge in [-0.1, -0.05) is 19.3 Å². The van der Waals surface area contributed by atoms with Crippen LogP contribution in [0.2, 0.25) is 0 Å². The lowest BCUT2D eigenvalue weighted by molar-refractivity contribution is 0.0894. The molecule has 0 unspecified atom stereocenters. The van der Waals surface area contributed by atoms with Gasteiger partial charge in [0.15, 0.2) is 5.82 Å². The second kappa shape index (κ2) is 9.61. The maximum atomic E-state index is 13.4. The molecule has 3 heterocycles. The maximum absolute atomic E-state index is 13.4. The molecule has 0 spiro atoms. The van der Waals surface area contributed by atoms with E-state index in [1.807, 2.05) is 28.9 Å². The Balaban J connectivity index is 1.59. The van der Waals surface area contributed by atoms with Crippen LogP contribution in [0.4, 0.5) is 0 Å². The minimum absolute atomic E-state index is 0.104. The van der Waals surface area contributed by atoms with E-state index in [1.165, 1.54) is 19.3 Å². The van der Waals surface area contributed by atoms with Gasteiger partial charge in [-0.05, 0) is 67.4 Å². The van der Waals surface area contributed by atoms with Gasteiger partial charge in [-0.3, -0.25) is 9.69 Å². The van der Waals surface area contributed by atoms with E-state index in [0.717, 1.165) is 48.9 Å². The Morgan fingerprint density at radius 3 is 2.82 bits per heavy atom. The number of benzene rings is 1. The van der Waals surface area contributed by atoms with Gasteiger partial charge in [0, 0.05) is 29.1 Å². The van der Waals surface area contributed by atoms with E-state index in [1.54, 1.807) is 7.11 Å². The van der Waals surface area contributed by atoms with E-state index >= 15 is 0 Å². The fraction of sp³-hybridized carbons (Fsp3) is 0.583. The summed E-state index contributed by atoms with van der Waals surface area (Å²) >= 11 is 0. The van der Waals surface area contributed by atoms with Crippen molar-refractivity contribution in [2.24, 2.45) is 0 Å². The van der Waals surface area contributed by atoms with E-state index < -0.39 is 0 Å². The van der Waals surface area contributed by atoms with Crippen molar-refractivity contribution in [3.05, 3.63) is 46.0 Å². The van der Waals surface area contributed by atoms with Crippen LogP contribution in [0.25, 0.3) is 10.9 Å². The molecule has 9 nitrogen and oxygen atoms in total. The van der Waals surface area contributed by atoms with Gasteiger partial charge >= 0.3 is 0 Å². The number of H-pyrrole nitrogens is 1. The highest BCUT2D eigenvalue weighted by Crippen LogP contribution is 2.33. The first kappa shape index (κ1) is 22.0. The average molecular weight is 453 g/mol. The van der Waals surface area contributed by atoms with Gasteiger partial charge in [0.05, 0.1) is 19.8 Å². The van der Waals surface area contributed by atoms with Crippen LogP contribution in [0.15, 0.2) is 29.1 Å². The van der Waals surface area contributed by atoms with Crippen LogP contribution >= 0.6 is 0 Å². The van der Waals surface area contributed by atoms with Gasteiger partial charge < -0.3 is 14.5 Å². The smallest absolute Gasteiger partial charge is 0.253 e. The Hall–Kier alpha value is -2.78. The monoisotopic (exact) mass is 452 g/mol. The van der Waals surface area contributed by atoms with E-state index in [2.05, 4.69) is 32.5 Å². The summed E-state index contributed by atoms with van der Waals surface area (Å²) in [5.74, 6) is 1.44. The molecule has 0 radical (unpaired) electrons. The van der Waals surface area contributed by atoms with Crippen molar-refractivity contribution < 1.29 is 9.47 Å². The Bertz CT molecular complexity index is 1150. The number of methoxy groups -OCH3 is 1. The molecule has 3 aromatic rings. The number of pyridine rings is 1. The number of rotatable bonds is 7. The van der Waals surface area contributed by atoms with Gasteiger partial charge in [0.1, 0.15) is 11.8 Å². The molecule has 1 saturated carbocycles. The van der Waals surface area contributed by atoms with Gasteiger partial charge in [-0.25, -0.2) is 4.68 Å². The highest BCUT2D eigenvalue weighted by Gasteiger charge is 2.33. The fourth-order valence-corrected chi connectivity index (χ4v) is 5.29. The number of fused-ring (bicyclic) bond motifs is 1. The zero-order valence-corrected chi connectivity index (χ0v) is 19.4. The zero-order valence-electron chi connectivity index (χ0n) is 19.4. The third kappa shape index (κ3) is 4.52. The molecule has 1 aliphatic heterocycles. The Morgan fingerprint density at radius 2 is 2.06 bits per heavy atom. The van der Waals surface area contributed by atoms with Gasteiger partial charge in [-0.2, -0.15) is 0 Å². The molecule has 2 aromatic heterocycles. The van der Waals surface area contributed by atoms with Crippen molar-refractivity contribution in [2.75, 3.05) is 20.8 Å². The van der Waals surface area contributed by atoms with Crippen LogP contribution in [0.3, 0.4) is 0 Å². The summed E-state index contributed by atoms with van der Waals surface area (Å²) < 4.78 is 13.1. The van der Waals surface area contributed by atoms with Gasteiger partial charge in [0.25, 0.3) is 5.56 Å². The quantitative estimate of drug-likeness (QED) is 0.588. The molecule has 0 bridgehead atoms. The molecule has 9 heteroatoms. The lowest BCUT2D eigenvalue weighted by atomic mass is 9.92. The lowest BCUT2D eigenvalue weighted by Crippen LogP contribution is -2.40. The number of nitrogens with zero attached hydrogens (tertiary/aromatic N) is 5. The Morgan fingerprint density at radius 1 is 1.21 bits per heavy atom. The number of tetrazole rings is 1. The highest BCUT2D eigenvalue weighted by atomic mass is 16.5. The SMILES string of the molecule is COc1ccc2[nH]c(=O)c([C@@H](c3nnnn3C[C@H]3CCCO3)N(C)C3CCCCC3)cc2c1. The van der Waals surface area contributed by atoms with E-state index in [9.17, 15) is 4.79 Å². The third-order valence-corrected chi connectivity index (χ3v) is 7.14. The molecule has 1 N–H and O–H groups in total. The largest absolute Gasteiger partial charge is 0.497 e. The summed E-state index contributed by atoms with van der Waals surface area (Å²) in [6.07, 6.45) is 8.05. The standard InChI is InChI=1S/C24H32N6O3/c1-29(17-7-4-3-5-8-17)22(23-26-27-28-30(23)15-19-9-6-12-33-19)20-14-16-13-18(32-2)10-11-21(16)25-24(20)31/h10-11,13-14,17,19,22H,3-9,12,15H2,1-2H3,(H,25,31)/t19-,22+/m1/s1. The molecule has 2 fully saturated rings. The zero-order chi connectivity index (χ0) is 22.8. The molecular formula is C24H32N6O3. The van der Waals surface area contributed by atoms with Gasteiger partial charge in [0.2, 0.25) is 0 Å². The predicted molar refractivity (Wildman–Crippen MR) is 124 cm³/mol. The van der Waals surface area contributed by atoms with Crippen molar-refractivity contribution in [1.82, 2.24) is 30.1 Å². The number of aromatic nitrogens is 5. The summed E-state index contributed by atoms with van der Waals surface area (Å²) in [6.45, 7) is 1.37. The van der Waals surface area contributed by atoms with E-state index in [0.29, 0.717) is 24.0 Å². The Labute approximate surface area is 193 Å². The average Bonchev–Trinajstić information content (AvgIpc) is 3.53. The van der Waals surface area contributed by atoms with Crippen LogP contribution < -0.4 is 10.3 Å². The maximum Gasteiger partial charge on any atom is 0.253 e. The third-order valence-electron chi connectivity index (χ3n) is 7.14. The van der Waals surface area contributed by atoms with E-state index in [-0.39, 0.29) is 17.7 Å². The number of aromatic amines is 1. The van der Waals surface area contributed by atoms with Crippen LogP contribution in [-0.2, 0) is 11.3 Å². The molecule has 1 saturated heterocycles.